The van der Waals surface area contributed by atoms with Crippen LogP contribution in [0.1, 0.15) is 32.6 Å². The first-order valence-electron chi connectivity index (χ1n) is 11.1. The van der Waals surface area contributed by atoms with E-state index in [2.05, 4.69) is 22.0 Å². The Kier molecular flexibility index (Phi) is 6.53. The zero-order valence-electron chi connectivity index (χ0n) is 17.1. The summed E-state index contributed by atoms with van der Waals surface area (Å²) in [6.45, 7) is 9.67. The number of hydrogen-bond acceptors (Lipinski definition) is 5. The van der Waals surface area contributed by atoms with E-state index in [1.165, 1.54) is 0 Å². The van der Waals surface area contributed by atoms with Gasteiger partial charge in [0.1, 0.15) is 0 Å². The Morgan fingerprint density at radius 2 is 1.82 bits per heavy atom. The minimum atomic E-state index is 0.0940. The fourth-order valence-electron chi connectivity index (χ4n) is 5.63. The molecule has 158 valence electrons. The number of fused-ring (bicyclic) bond motifs is 1. The van der Waals surface area contributed by atoms with Crippen LogP contribution in [0.5, 0.6) is 0 Å². The fraction of sp³-hybridized carbons (Fsp3) is 0.905. The highest BCUT2D eigenvalue weighted by Crippen LogP contribution is 2.45. The molecule has 0 radical (unpaired) electrons. The Morgan fingerprint density at radius 3 is 2.57 bits per heavy atom. The highest BCUT2D eigenvalue weighted by atomic mass is 16.5. The first kappa shape index (κ1) is 20.1. The summed E-state index contributed by atoms with van der Waals surface area (Å²) in [6.07, 6.45) is 3.37. The molecule has 1 aliphatic carbocycles. The van der Waals surface area contributed by atoms with Crippen molar-refractivity contribution in [3.63, 3.8) is 0 Å². The van der Waals surface area contributed by atoms with Crippen molar-refractivity contribution in [3.05, 3.63) is 0 Å². The molecule has 3 saturated heterocycles. The van der Waals surface area contributed by atoms with E-state index in [0.29, 0.717) is 55.9 Å². The van der Waals surface area contributed by atoms with E-state index in [-0.39, 0.29) is 11.8 Å². The van der Waals surface area contributed by atoms with Crippen molar-refractivity contribution in [1.82, 2.24) is 15.1 Å². The van der Waals surface area contributed by atoms with Crippen molar-refractivity contribution in [3.8, 4) is 0 Å². The molecule has 0 bridgehead atoms. The van der Waals surface area contributed by atoms with Crippen LogP contribution in [0.4, 0.5) is 0 Å². The number of morpholine rings is 1. The quantitative estimate of drug-likeness (QED) is 0.721. The van der Waals surface area contributed by atoms with Crippen molar-refractivity contribution >= 4 is 11.8 Å². The molecule has 28 heavy (non-hydrogen) atoms. The van der Waals surface area contributed by atoms with Gasteiger partial charge in [-0.25, -0.2) is 0 Å². The Bertz CT molecular complexity index is 560. The van der Waals surface area contributed by atoms with Crippen LogP contribution in [-0.4, -0.2) is 86.8 Å². The molecular weight excluding hydrogens is 358 g/mol. The number of amides is 2. The zero-order chi connectivity index (χ0) is 19.5. The molecule has 4 aliphatic rings. The number of ether oxygens (including phenoxy) is 2. The number of hydrogen-bond donors (Lipinski definition) is 1. The molecule has 2 amide bonds. The Balaban J connectivity index is 1.29. The molecule has 0 spiro atoms. The average molecular weight is 394 g/mol. The van der Waals surface area contributed by atoms with Crippen molar-refractivity contribution in [2.24, 2.45) is 23.7 Å². The average Bonchev–Trinajstić information content (AvgIpc) is 3.19. The summed E-state index contributed by atoms with van der Waals surface area (Å²) >= 11 is 0. The largest absolute Gasteiger partial charge is 0.381 e. The fourth-order valence-corrected chi connectivity index (χ4v) is 5.63. The monoisotopic (exact) mass is 393 g/mol. The lowest BCUT2D eigenvalue weighted by molar-refractivity contribution is -0.129. The summed E-state index contributed by atoms with van der Waals surface area (Å²) in [5.41, 5.74) is 0. The number of carbonyl (C=O) groups excluding carboxylic acids is 2. The first-order valence-corrected chi connectivity index (χ1v) is 11.1. The molecule has 3 aliphatic heterocycles. The van der Waals surface area contributed by atoms with Gasteiger partial charge in [-0.1, -0.05) is 6.92 Å². The van der Waals surface area contributed by atoms with Crippen molar-refractivity contribution in [2.75, 3.05) is 59.2 Å². The number of nitrogens with zero attached hydrogens (tertiary/aromatic N) is 2. The van der Waals surface area contributed by atoms with Crippen LogP contribution >= 0.6 is 0 Å². The van der Waals surface area contributed by atoms with E-state index in [1.807, 2.05) is 0 Å². The summed E-state index contributed by atoms with van der Waals surface area (Å²) in [7, 11) is 0. The smallest absolute Gasteiger partial charge is 0.223 e. The minimum absolute atomic E-state index is 0.0940. The molecular formula is C21H35N3O4. The van der Waals surface area contributed by atoms with Gasteiger partial charge in [-0.15, -0.1) is 0 Å². The number of rotatable bonds is 6. The Hall–Kier alpha value is -1.18. The van der Waals surface area contributed by atoms with Crippen molar-refractivity contribution < 1.29 is 19.1 Å². The lowest BCUT2D eigenvalue weighted by atomic mass is 9.88. The molecule has 4 atom stereocenters. The topological polar surface area (TPSA) is 71.1 Å². The molecule has 0 aromatic carbocycles. The molecule has 0 unspecified atom stereocenters. The molecule has 4 fully saturated rings. The molecule has 0 aromatic heterocycles. The molecule has 7 heteroatoms. The zero-order valence-corrected chi connectivity index (χ0v) is 17.1. The molecule has 7 nitrogen and oxygen atoms in total. The lowest BCUT2D eigenvalue weighted by Crippen LogP contribution is -2.44. The highest BCUT2D eigenvalue weighted by molar-refractivity contribution is 5.80. The van der Waals surface area contributed by atoms with E-state index >= 15 is 0 Å². The van der Waals surface area contributed by atoms with Gasteiger partial charge in [-0.05, 0) is 37.0 Å². The Morgan fingerprint density at radius 1 is 1.11 bits per heavy atom. The van der Waals surface area contributed by atoms with Crippen molar-refractivity contribution in [1.29, 1.82) is 0 Å². The maximum absolute atomic E-state index is 12.7. The third kappa shape index (κ3) is 4.36. The number of carbonyl (C=O) groups is 2. The van der Waals surface area contributed by atoms with Gasteiger partial charge in [-0.3, -0.25) is 14.5 Å². The van der Waals surface area contributed by atoms with E-state index in [4.69, 9.17) is 9.47 Å². The van der Waals surface area contributed by atoms with Crippen molar-refractivity contribution in [2.45, 2.75) is 38.6 Å². The van der Waals surface area contributed by atoms with Crippen LogP contribution < -0.4 is 5.32 Å². The van der Waals surface area contributed by atoms with Gasteiger partial charge in [0.25, 0.3) is 0 Å². The maximum atomic E-state index is 12.7. The van der Waals surface area contributed by atoms with E-state index < -0.39 is 0 Å². The van der Waals surface area contributed by atoms with Crippen LogP contribution in [0.2, 0.25) is 0 Å². The lowest BCUT2D eigenvalue weighted by Gasteiger charge is -2.31. The van der Waals surface area contributed by atoms with Gasteiger partial charge in [0.2, 0.25) is 11.8 Å². The minimum Gasteiger partial charge on any atom is -0.381 e. The van der Waals surface area contributed by atoms with Crippen LogP contribution in [0.25, 0.3) is 0 Å². The van der Waals surface area contributed by atoms with Crippen LogP contribution in [-0.2, 0) is 19.1 Å². The third-order valence-corrected chi connectivity index (χ3v) is 7.38. The Labute approximate surface area is 168 Å². The van der Waals surface area contributed by atoms with E-state index in [9.17, 15) is 9.59 Å². The van der Waals surface area contributed by atoms with Crippen LogP contribution in [0.15, 0.2) is 0 Å². The summed E-state index contributed by atoms with van der Waals surface area (Å²) < 4.78 is 10.8. The second-order valence-electron chi connectivity index (χ2n) is 8.99. The van der Waals surface area contributed by atoms with Gasteiger partial charge in [0, 0.05) is 64.3 Å². The van der Waals surface area contributed by atoms with E-state index in [1.54, 1.807) is 0 Å². The molecule has 3 heterocycles. The first-order chi connectivity index (χ1) is 13.6. The second-order valence-corrected chi connectivity index (χ2v) is 8.99. The predicted molar refractivity (Wildman–Crippen MR) is 105 cm³/mol. The molecule has 0 aromatic rings. The molecule has 1 saturated carbocycles. The van der Waals surface area contributed by atoms with Gasteiger partial charge < -0.3 is 19.7 Å². The maximum Gasteiger partial charge on any atom is 0.223 e. The van der Waals surface area contributed by atoms with Gasteiger partial charge in [0.15, 0.2) is 0 Å². The third-order valence-electron chi connectivity index (χ3n) is 7.38. The molecule has 4 rings (SSSR count). The predicted octanol–water partition coefficient (Wildman–Crippen LogP) is 0.735. The highest BCUT2D eigenvalue weighted by Gasteiger charge is 2.50. The normalized spacial score (nSPS) is 34.6. The summed E-state index contributed by atoms with van der Waals surface area (Å²) in [6, 6.07) is 0.355. The number of nitrogens with one attached hydrogen (secondary N) is 1. The molecule has 1 N–H and O–H groups in total. The summed E-state index contributed by atoms with van der Waals surface area (Å²) in [5, 5.41) is 3.20. The second kappa shape index (κ2) is 9.09. The van der Waals surface area contributed by atoms with Gasteiger partial charge in [0.05, 0.1) is 13.2 Å². The van der Waals surface area contributed by atoms with Gasteiger partial charge >= 0.3 is 0 Å². The summed E-state index contributed by atoms with van der Waals surface area (Å²) in [4.78, 5) is 29.7. The van der Waals surface area contributed by atoms with Crippen LogP contribution in [0.3, 0.4) is 0 Å². The number of likely N-dealkylation sites (tertiary alicyclic amines) is 1. The SMILES string of the molecule is C[C@H]1C[C@@H]2[C@@H](CC(=O)N2CCN2CCOCC2)[C@@H]1CNC(=O)C1CCOCC1. The standard InChI is InChI=1S/C21H35N3O4/c1-15-12-19-17(18(15)14-22-21(26)16-2-8-27-9-3-16)13-20(25)24(19)5-4-23-6-10-28-11-7-23/h15-19H,2-14H2,1H3,(H,22,26)/t15-,17-,18+,19+/m0/s1. The van der Waals surface area contributed by atoms with Gasteiger partial charge in [-0.2, -0.15) is 0 Å². The van der Waals surface area contributed by atoms with E-state index in [0.717, 1.165) is 58.7 Å². The summed E-state index contributed by atoms with van der Waals surface area (Å²) in [5.74, 6) is 1.91. The van der Waals surface area contributed by atoms with Crippen LogP contribution in [0, 0.1) is 23.7 Å².